The maximum absolute atomic E-state index is 13.8. The molecule has 0 heterocycles. The Labute approximate surface area is 110 Å². The molecule has 0 spiro atoms. The van der Waals surface area contributed by atoms with Crippen molar-refractivity contribution in [3.8, 4) is 5.75 Å². The van der Waals surface area contributed by atoms with Crippen LogP contribution in [-0.4, -0.2) is 5.11 Å². The van der Waals surface area contributed by atoms with Crippen molar-refractivity contribution < 1.29 is 9.50 Å². The molecule has 0 aliphatic rings. The number of aromatic hydroxyl groups is 1. The van der Waals surface area contributed by atoms with Crippen LogP contribution in [0.15, 0.2) is 42.5 Å². The van der Waals surface area contributed by atoms with E-state index in [-0.39, 0.29) is 10.8 Å². The average Bonchev–Trinajstić information content (AvgIpc) is 2.35. The van der Waals surface area contributed by atoms with E-state index in [1.807, 2.05) is 0 Å². The molecule has 2 nitrogen and oxygen atoms in total. The molecule has 1 unspecified atom stereocenters. The Bertz CT molecular complexity index is 542. The zero-order chi connectivity index (χ0) is 13.1. The van der Waals surface area contributed by atoms with Crippen LogP contribution in [0.4, 0.5) is 4.39 Å². The van der Waals surface area contributed by atoms with Crippen LogP contribution in [0.5, 0.6) is 5.75 Å². The van der Waals surface area contributed by atoms with E-state index in [1.54, 1.807) is 36.4 Å². The zero-order valence-corrected chi connectivity index (χ0v) is 10.4. The highest BCUT2D eigenvalue weighted by Gasteiger charge is 2.14. The predicted octanol–water partition coefficient (Wildman–Crippen LogP) is 3.43. The fourth-order valence-corrected chi connectivity index (χ4v) is 1.98. The maximum atomic E-state index is 13.8. The highest BCUT2D eigenvalue weighted by atomic mass is 35.5. The van der Waals surface area contributed by atoms with Crippen LogP contribution in [-0.2, 0) is 6.42 Å². The molecule has 0 radical (unpaired) electrons. The summed E-state index contributed by atoms with van der Waals surface area (Å²) in [6, 6.07) is 11.0. The van der Waals surface area contributed by atoms with Crippen LogP contribution in [0.3, 0.4) is 0 Å². The summed E-state index contributed by atoms with van der Waals surface area (Å²) in [5.41, 5.74) is 7.30. The molecule has 0 amide bonds. The molecule has 0 saturated heterocycles. The van der Waals surface area contributed by atoms with Crippen molar-refractivity contribution >= 4 is 11.6 Å². The molecule has 94 valence electrons. The molecule has 2 aromatic rings. The van der Waals surface area contributed by atoms with Gasteiger partial charge in [-0.25, -0.2) is 4.39 Å². The Kier molecular flexibility index (Phi) is 3.84. The van der Waals surface area contributed by atoms with Gasteiger partial charge in [0, 0.05) is 11.6 Å². The quantitative estimate of drug-likeness (QED) is 0.893. The van der Waals surface area contributed by atoms with E-state index in [2.05, 4.69) is 0 Å². The SMILES string of the molecule is NC(Cc1ccc(O)cc1)c1cccc(Cl)c1F. The van der Waals surface area contributed by atoms with Crippen molar-refractivity contribution in [3.63, 3.8) is 0 Å². The molecule has 1 atom stereocenters. The lowest BCUT2D eigenvalue weighted by molar-refractivity contribution is 0.475. The van der Waals surface area contributed by atoms with Gasteiger partial charge in [0.05, 0.1) is 5.02 Å². The van der Waals surface area contributed by atoms with Crippen molar-refractivity contribution in [2.24, 2.45) is 5.73 Å². The molecule has 0 saturated carbocycles. The number of hydrogen-bond acceptors (Lipinski definition) is 2. The van der Waals surface area contributed by atoms with Crippen LogP contribution < -0.4 is 5.73 Å². The summed E-state index contributed by atoms with van der Waals surface area (Å²) in [6.45, 7) is 0. The first kappa shape index (κ1) is 12.9. The van der Waals surface area contributed by atoms with Crippen LogP contribution >= 0.6 is 11.6 Å². The summed E-state index contributed by atoms with van der Waals surface area (Å²) < 4.78 is 13.8. The van der Waals surface area contributed by atoms with E-state index in [9.17, 15) is 9.50 Å². The van der Waals surface area contributed by atoms with Gasteiger partial charge in [0.15, 0.2) is 0 Å². The van der Waals surface area contributed by atoms with Gasteiger partial charge >= 0.3 is 0 Å². The molecule has 4 heteroatoms. The second-order valence-electron chi connectivity index (χ2n) is 4.12. The lowest BCUT2D eigenvalue weighted by atomic mass is 9.99. The number of phenolic OH excluding ortho intramolecular Hbond substituents is 1. The van der Waals surface area contributed by atoms with Crippen LogP contribution in [0, 0.1) is 5.82 Å². The fraction of sp³-hybridized carbons (Fsp3) is 0.143. The number of halogens is 2. The zero-order valence-electron chi connectivity index (χ0n) is 9.61. The molecule has 0 bridgehead atoms. The minimum atomic E-state index is -0.467. The van der Waals surface area contributed by atoms with E-state index in [4.69, 9.17) is 17.3 Å². The molecule has 18 heavy (non-hydrogen) atoms. The Morgan fingerprint density at radius 1 is 1.17 bits per heavy atom. The third-order valence-electron chi connectivity index (χ3n) is 2.77. The van der Waals surface area contributed by atoms with Crippen LogP contribution in [0.2, 0.25) is 5.02 Å². The Hall–Kier alpha value is -1.58. The fourth-order valence-electron chi connectivity index (χ4n) is 1.80. The smallest absolute Gasteiger partial charge is 0.146 e. The third-order valence-corrected chi connectivity index (χ3v) is 3.06. The van der Waals surface area contributed by atoms with Crippen molar-refractivity contribution in [3.05, 3.63) is 64.4 Å². The number of rotatable bonds is 3. The lowest BCUT2D eigenvalue weighted by Crippen LogP contribution is -2.15. The second-order valence-corrected chi connectivity index (χ2v) is 4.53. The monoisotopic (exact) mass is 265 g/mol. The third kappa shape index (κ3) is 2.81. The number of phenols is 1. The first-order chi connectivity index (χ1) is 8.58. The minimum absolute atomic E-state index is 0.0775. The molecular weight excluding hydrogens is 253 g/mol. The molecule has 2 aromatic carbocycles. The molecule has 0 aliphatic carbocycles. The standard InChI is InChI=1S/C14H13ClFNO/c15-12-3-1-2-11(14(12)16)13(17)8-9-4-6-10(18)7-5-9/h1-7,13,18H,8,17H2. The largest absolute Gasteiger partial charge is 0.508 e. The predicted molar refractivity (Wildman–Crippen MR) is 70.1 cm³/mol. The van der Waals surface area contributed by atoms with E-state index in [0.717, 1.165) is 5.56 Å². The Balaban J connectivity index is 2.19. The molecule has 0 fully saturated rings. The van der Waals surface area contributed by atoms with Gasteiger partial charge in [0.2, 0.25) is 0 Å². The number of benzene rings is 2. The normalized spacial score (nSPS) is 12.4. The Morgan fingerprint density at radius 2 is 1.83 bits per heavy atom. The van der Waals surface area contributed by atoms with Crippen molar-refractivity contribution in [1.29, 1.82) is 0 Å². The number of nitrogens with two attached hydrogens (primary N) is 1. The van der Waals surface area contributed by atoms with Crippen molar-refractivity contribution in [2.75, 3.05) is 0 Å². The van der Waals surface area contributed by atoms with Gasteiger partial charge in [-0.3, -0.25) is 0 Å². The van der Waals surface area contributed by atoms with Gasteiger partial charge in [-0.05, 0) is 30.2 Å². The molecular formula is C14H13ClFNO. The van der Waals surface area contributed by atoms with Crippen molar-refractivity contribution in [2.45, 2.75) is 12.5 Å². The van der Waals surface area contributed by atoms with Gasteiger partial charge in [-0.1, -0.05) is 35.9 Å². The summed E-state index contributed by atoms with van der Waals surface area (Å²) >= 11 is 5.72. The van der Waals surface area contributed by atoms with Gasteiger partial charge in [0.25, 0.3) is 0 Å². The molecule has 2 rings (SSSR count). The number of hydrogen-bond donors (Lipinski definition) is 2. The average molecular weight is 266 g/mol. The Morgan fingerprint density at radius 3 is 2.50 bits per heavy atom. The summed E-state index contributed by atoms with van der Waals surface area (Å²) in [5, 5.41) is 9.26. The minimum Gasteiger partial charge on any atom is -0.508 e. The second kappa shape index (κ2) is 5.38. The first-order valence-corrected chi connectivity index (χ1v) is 5.93. The van der Waals surface area contributed by atoms with Crippen LogP contribution in [0.1, 0.15) is 17.2 Å². The maximum Gasteiger partial charge on any atom is 0.146 e. The van der Waals surface area contributed by atoms with Gasteiger partial charge in [-0.15, -0.1) is 0 Å². The van der Waals surface area contributed by atoms with E-state index < -0.39 is 11.9 Å². The summed E-state index contributed by atoms with van der Waals surface area (Å²) in [6.07, 6.45) is 0.484. The van der Waals surface area contributed by atoms with E-state index in [0.29, 0.717) is 12.0 Å². The highest BCUT2D eigenvalue weighted by molar-refractivity contribution is 6.30. The van der Waals surface area contributed by atoms with E-state index >= 15 is 0 Å². The summed E-state index contributed by atoms with van der Waals surface area (Å²) in [5.74, 6) is -0.272. The molecule has 0 aromatic heterocycles. The van der Waals surface area contributed by atoms with Gasteiger partial charge in [-0.2, -0.15) is 0 Å². The van der Waals surface area contributed by atoms with Crippen molar-refractivity contribution in [1.82, 2.24) is 0 Å². The van der Waals surface area contributed by atoms with E-state index in [1.165, 1.54) is 6.07 Å². The summed E-state index contributed by atoms with van der Waals surface area (Å²) in [4.78, 5) is 0. The summed E-state index contributed by atoms with van der Waals surface area (Å²) in [7, 11) is 0. The topological polar surface area (TPSA) is 46.2 Å². The molecule has 0 aliphatic heterocycles. The first-order valence-electron chi connectivity index (χ1n) is 5.55. The highest BCUT2D eigenvalue weighted by Crippen LogP contribution is 2.24. The van der Waals surface area contributed by atoms with Gasteiger partial charge < -0.3 is 10.8 Å². The lowest BCUT2D eigenvalue weighted by Gasteiger charge is -2.13. The van der Waals surface area contributed by atoms with Gasteiger partial charge in [0.1, 0.15) is 11.6 Å². The molecule has 3 N–H and O–H groups in total. The van der Waals surface area contributed by atoms with Crippen LogP contribution in [0.25, 0.3) is 0 Å².